The molecule has 36 heavy (non-hydrogen) atoms. The van der Waals surface area contributed by atoms with Crippen LogP contribution in [0.3, 0.4) is 0 Å². The normalized spacial score (nSPS) is 11.6. The maximum atomic E-state index is 12.8. The Morgan fingerprint density at radius 2 is 1.56 bits per heavy atom. The van der Waals surface area contributed by atoms with Gasteiger partial charge in [-0.25, -0.2) is 16.8 Å². The Balaban J connectivity index is 1.74. The van der Waals surface area contributed by atoms with Crippen molar-refractivity contribution in [1.82, 2.24) is 0 Å². The second kappa shape index (κ2) is 10.5. The van der Waals surface area contributed by atoms with Crippen molar-refractivity contribution in [3.8, 4) is 0 Å². The number of ketones is 1. The molecule has 190 valence electrons. The Bertz CT molecular complexity index is 1520. The van der Waals surface area contributed by atoms with Gasteiger partial charge >= 0.3 is 0 Å². The lowest BCUT2D eigenvalue weighted by Crippen LogP contribution is -2.37. The van der Waals surface area contributed by atoms with Crippen LogP contribution in [-0.2, 0) is 24.8 Å². The molecule has 0 atom stereocenters. The van der Waals surface area contributed by atoms with E-state index in [0.717, 1.165) is 21.7 Å². The van der Waals surface area contributed by atoms with E-state index in [-0.39, 0.29) is 22.1 Å². The smallest absolute Gasteiger partial charge is 0.261 e. The monoisotopic (exact) mass is 529 g/mol. The fourth-order valence-corrected chi connectivity index (χ4v) is 5.44. The molecular weight excluding hydrogens is 502 g/mol. The van der Waals surface area contributed by atoms with Gasteiger partial charge in [-0.3, -0.25) is 18.6 Å². The Kier molecular flexibility index (Phi) is 7.85. The van der Waals surface area contributed by atoms with E-state index < -0.39 is 32.5 Å². The first-order valence-electron chi connectivity index (χ1n) is 10.8. The number of Topliss-reactive ketones (excluding diaryl/α,β-unsaturated/α-hetero) is 1. The predicted octanol–water partition coefficient (Wildman–Crippen LogP) is 3.71. The summed E-state index contributed by atoms with van der Waals surface area (Å²) in [5.74, 6) is -0.880. The number of nitrogens with zero attached hydrogens (tertiary/aromatic N) is 1. The molecule has 0 bridgehead atoms. The van der Waals surface area contributed by atoms with Gasteiger partial charge in [0.05, 0.1) is 22.5 Å². The predicted molar refractivity (Wildman–Crippen MR) is 140 cm³/mol. The third-order valence-electron chi connectivity index (χ3n) is 5.30. The van der Waals surface area contributed by atoms with Gasteiger partial charge in [-0.05, 0) is 68.8 Å². The lowest BCUT2D eigenvalue weighted by atomic mass is 10.1. The number of nitrogens with one attached hydrogen (secondary N) is 2. The van der Waals surface area contributed by atoms with Crippen LogP contribution < -0.4 is 14.3 Å². The second-order valence-electron chi connectivity index (χ2n) is 8.37. The largest absolute Gasteiger partial charge is 0.325 e. The molecule has 9 nitrogen and oxygen atoms in total. The SMILES string of the molecule is CC(=O)c1cccc(N(CC(=O)Nc2ccc(S(=O)(=O)Nc3ccc(C)cc3C)cc2)S(C)(=O)=O)c1. The molecule has 11 heteroatoms. The van der Waals surface area contributed by atoms with Gasteiger partial charge in [0.25, 0.3) is 10.0 Å². The third-order valence-corrected chi connectivity index (χ3v) is 7.82. The molecule has 0 aliphatic heterocycles. The molecule has 0 saturated carbocycles. The molecule has 0 unspecified atom stereocenters. The van der Waals surface area contributed by atoms with Crippen LogP contribution in [0.25, 0.3) is 0 Å². The molecule has 0 saturated heterocycles. The number of aryl methyl sites for hydroxylation is 2. The summed E-state index contributed by atoms with van der Waals surface area (Å²) in [4.78, 5) is 24.3. The minimum atomic E-state index is -3.86. The van der Waals surface area contributed by atoms with Gasteiger partial charge in [0.2, 0.25) is 15.9 Å². The lowest BCUT2D eigenvalue weighted by Gasteiger charge is -2.22. The van der Waals surface area contributed by atoms with Crippen LogP contribution in [0.1, 0.15) is 28.4 Å². The number of hydrogen-bond donors (Lipinski definition) is 2. The van der Waals surface area contributed by atoms with E-state index in [1.54, 1.807) is 25.1 Å². The molecule has 0 aliphatic carbocycles. The molecule has 0 spiro atoms. The van der Waals surface area contributed by atoms with E-state index in [1.807, 2.05) is 13.0 Å². The quantitative estimate of drug-likeness (QED) is 0.407. The Labute approximate surface area is 211 Å². The van der Waals surface area contributed by atoms with Crippen LogP contribution in [0, 0.1) is 13.8 Å². The zero-order chi connectivity index (χ0) is 26.7. The summed E-state index contributed by atoms with van der Waals surface area (Å²) >= 11 is 0. The highest BCUT2D eigenvalue weighted by molar-refractivity contribution is 7.92. The fraction of sp³-hybridized carbons (Fsp3) is 0.200. The molecule has 2 N–H and O–H groups in total. The summed E-state index contributed by atoms with van der Waals surface area (Å²) in [5.41, 5.74) is 3.04. The van der Waals surface area contributed by atoms with Crippen molar-refractivity contribution in [3.63, 3.8) is 0 Å². The lowest BCUT2D eigenvalue weighted by molar-refractivity contribution is -0.114. The summed E-state index contributed by atoms with van der Waals surface area (Å²) in [7, 11) is -7.69. The van der Waals surface area contributed by atoms with Crippen LogP contribution in [0.15, 0.2) is 71.6 Å². The summed E-state index contributed by atoms with van der Waals surface area (Å²) in [6, 6.07) is 16.8. The number of carbonyl (C=O) groups is 2. The maximum Gasteiger partial charge on any atom is 0.261 e. The summed E-state index contributed by atoms with van der Waals surface area (Å²) in [5, 5.41) is 2.57. The van der Waals surface area contributed by atoms with Gasteiger partial charge in [0.1, 0.15) is 6.54 Å². The maximum absolute atomic E-state index is 12.8. The summed E-state index contributed by atoms with van der Waals surface area (Å²) < 4.78 is 53.6. The van der Waals surface area contributed by atoms with Crippen LogP contribution in [0.5, 0.6) is 0 Å². The number of hydrogen-bond acceptors (Lipinski definition) is 6. The van der Waals surface area contributed by atoms with Crippen LogP contribution in [0.2, 0.25) is 0 Å². The van der Waals surface area contributed by atoms with Crippen molar-refractivity contribution in [2.24, 2.45) is 0 Å². The minimum absolute atomic E-state index is 0.000663. The molecule has 3 rings (SSSR count). The average molecular weight is 530 g/mol. The Morgan fingerprint density at radius 3 is 2.14 bits per heavy atom. The molecule has 0 aromatic heterocycles. The topological polar surface area (TPSA) is 130 Å². The minimum Gasteiger partial charge on any atom is -0.325 e. The van der Waals surface area contributed by atoms with E-state index in [4.69, 9.17) is 0 Å². The number of amides is 1. The van der Waals surface area contributed by atoms with Crippen LogP contribution >= 0.6 is 0 Å². The number of anilines is 3. The highest BCUT2D eigenvalue weighted by Gasteiger charge is 2.22. The highest BCUT2D eigenvalue weighted by atomic mass is 32.2. The molecule has 0 fully saturated rings. The van der Waals surface area contributed by atoms with Gasteiger partial charge in [-0.15, -0.1) is 0 Å². The first-order valence-corrected chi connectivity index (χ1v) is 14.2. The van der Waals surface area contributed by atoms with Gasteiger partial charge < -0.3 is 5.32 Å². The van der Waals surface area contributed by atoms with Crippen molar-refractivity contribution in [2.45, 2.75) is 25.7 Å². The van der Waals surface area contributed by atoms with Gasteiger partial charge in [0, 0.05) is 11.3 Å². The molecule has 0 aliphatic rings. The Morgan fingerprint density at radius 1 is 0.889 bits per heavy atom. The van der Waals surface area contributed by atoms with E-state index in [1.165, 1.54) is 49.4 Å². The van der Waals surface area contributed by atoms with Crippen molar-refractivity contribution in [2.75, 3.05) is 27.1 Å². The number of rotatable bonds is 9. The molecule has 0 radical (unpaired) electrons. The van der Waals surface area contributed by atoms with Gasteiger partial charge in [-0.2, -0.15) is 0 Å². The van der Waals surface area contributed by atoms with E-state index in [9.17, 15) is 26.4 Å². The van der Waals surface area contributed by atoms with E-state index >= 15 is 0 Å². The van der Waals surface area contributed by atoms with E-state index in [0.29, 0.717) is 11.3 Å². The van der Waals surface area contributed by atoms with Gasteiger partial charge in [0.15, 0.2) is 5.78 Å². The van der Waals surface area contributed by atoms with Gasteiger partial charge in [-0.1, -0.05) is 29.8 Å². The molecular formula is C25H27N3O6S2. The molecule has 3 aromatic rings. The van der Waals surface area contributed by atoms with E-state index in [2.05, 4.69) is 10.0 Å². The number of carbonyl (C=O) groups excluding carboxylic acids is 2. The Hall–Kier alpha value is -3.70. The molecule has 3 aromatic carbocycles. The zero-order valence-electron chi connectivity index (χ0n) is 20.3. The number of benzene rings is 3. The summed E-state index contributed by atoms with van der Waals surface area (Å²) in [6.07, 6.45) is 0.961. The standard InChI is InChI=1S/C25H27N3O6S2/c1-17-8-13-24(18(2)14-17)27-36(33,34)23-11-9-21(10-12-23)26-25(30)16-28(35(4,31)32)22-7-5-6-20(15-22)19(3)29/h5-15,27H,16H2,1-4H3,(H,26,30). The van der Waals surface area contributed by atoms with Crippen molar-refractivity contribution < 1.29 is 26.4 Å². The molecule has 0 heterocycles. The highest BCUT2D eigenvalue weighted by Crippen LogP contribution is 2.23. The van der Waals surface area contributed by atoms with Crippen LogP contribution in [0.4, 0.5) is 17.1 Å². The third kappa shape index (κ3) is 6.70. The molecule has 1 amide bonds. The zero-order valence-corrected chi connectivity index (χ0v) is 21.9. The second-order valence-corrected chi connectivity index (χ2v) is 12.0. The first kappa shape index (κ1) is 26.9. The van der Waals surface area contributed by atoms with Crippen molar-refractivity contribution in [3.05, 3.63) is 83.4 Å². The number of sulfonamides is 2. The van der Waals surface area contributed by atoms with Crippen molar-refractivity contribution >= 4 is 48.8 Å². The fourth-order valence-electron chi connectivity index (χ4n) is 3.46. The summed E-state index contributed by atoms with van der Waals surface area (Å²) in [6.45, 7) is 4.54. The van der Waals surface area contributed by atoms with Crippen LogP contribution in [-0.4, -0.2) is 41.3 Å². The first-order chi connectivity index (χ1) is 16.8. The van der Waals surface area contributed by atoms with Crippen molar-refractivity contribution in [1.29, 1.82) is 0 Å². The average Bonchev–Trinajstić information content (AvgIpc) is 2.79.